The molecule has 1 aromatic rings. The van der Waals surface area contributed by atoms with Crippen LogP contribution < -0.4 is 0 Å². The quantitative estimate of drug-likeness (QED) is 0.323. The standard InChI is InChI=1S/C13H15NO6S/c15-13(11-9-12(11)14(16)17)20-7-4-8-21(18,19)10-5-2-1-3-6-10/h1-3,5-6,11-12H,4,7-9H2. The predicted octanol–water partition coefficient (Wildman–Crippen LogP) is 1.06. The van der Waals surface area contributed by atoms with Crippen molar-refractivity contribution in [1.82, 2.24) is 0 Å². The fourth-order valence-electron chi connectivity index (χ4n) is 1.94. The van der Waals surface area contributed by atoms with Crippen LogP contribution in [0.3, 0.4) is 0 Å². The third-order valence-electron chi connectivity index (χ3n) is 3.23. The van der Waals surface area contributed by atoms with Gasteiger partial charge >= 0.3 is 5.97 Å². The summed E-state index contributed by atoms with van der Waals surface area (Å²) in [6, 6.07) is 7.17. The van der Waals surface area contributed by atoms with Crippen LogP contribution in [0, 0.1) is 16.0 Å². The maximum atomic E-state index is 11.9. The van der Waals surface area contributed by atoms with Crippen LogP contribution in [0.25, 0.3) is 0 Å². The van der Waals surface area contributed by atoms with Gasteiger partial charge in [-0.3, -0.25) is 14.9 Å². The van der Waals surface area contributed by atoms with Crippen LogP contribution in [-0.4, -0.2) is 37.7 Å². The predicted molar refractivity (Wildman–Crippen MR) is 73.0 cm³/mol. The lowest BCUT2D eigenvalue weighted by Gasteiger charge is -2.05. The molecule has 21 heavy (non-hydrogen) atoms. The van der Waals surface area contributed by atoms with Crippen molar-refractivity contribution in [3.8, 4) is 0 Å². The smallest absolute Gasteiger partial charge is 0.316 e. The first-order chi connectivity index (χ1) is 9.92. The second-order valence-electron chi connectivity index (χ2n) is 4.85. The highest BCUT2D eigenvalue weighted by Crippen LogP contribution is 2.34. The average molecular weight is 313 g/mol. The Kier molecular flexibility index (Phi) is 4.56. The number of nitrogens with zero attached hydrogens (tertiary/aromatic N) is 1. The largest absolute Gasteiger partial charge is 0.465 e. The molecule has 0 N–H and O–H groups in total. The fraction of sp³-hybridized carbons (Fsp3) is 0.462. The molecule has 0 aromatic heterocycles. The van der Waals surface area contributed by atoms with E-state index in [0.29, 0.717) is 0 Å². The number of carbonyl (C=O) groups is 1. The molecule has 0 radical (unpaired) electrons. The molecule has 0 saturated heterocycles. The van der Waals surface area contributed by atoms with Gasteiger partial charge in [-0.1, -0.05) is 18.2 Å². The third kappa shape index (κ3) is 4.01. The van der Waals surface area contributed by atoms with Crippen molar-refractivity contribution in [3.63, 3.8) is 0 Å². The minimum absolute atomic E-state index is 0.0498. The van der Waals surface area contributed by atoms with E-state index in [1.165, 1.54) is 12.1 Å². The number of hydrogen-bond acceptors (Lipinski definition) is 6. The van der Waals surface area contributed by atoms with Gasteiger partial charge < -0.3 is 4.74 Å². The van der Waals surface area contributed by atoms with E-state index < -0.39 is 32.7 Å². The van der Waals surface area contributed by atoms with Gasteiger partial charge in [0.1, 0.15) is 5.92 Å². The zero-order chi connectivity index (χ0) is 15.5. The Morgan fingerprint density at radius 3 is 2.57 bits per heavy atom. The van der Waals surface area contributed by atoms with E-state index in [-0.39, 0.29) is 30.1 Å². The van der Waals surface area contributed by atoms with Gasteiger partial charge in [-0.05, 0) is 18.6 Å². The Hall–Kier alpha value is -1.96. The molecule has 2 unspecified atom stereocenters. The number of ether oxygens (including phenoxy) is 1. The van der Waals surface area contributed by atoms with Crippen LogP contribution in [-0.2, 0) is 19.4 Å². The first-order valence-electron chi connectivity index (χ1n) is 6.50. The highest BCUT2D eigenvalue weighted by atomic mass is 32.2. The van der Waals surface area contributed by atoms with Crippen molar-refractivity contribution in [2.24, 2.45) is 5.92 Å². The molecule has 0 amide bonds. The van der Waals surface area contributed by atoms with Gasteiger partial charge in [-0.15, -0.1) is 0 Å². The third-order valence-corrected chi connectivity index (χ3v) is 5.05. The molecule has 1 aliphatic rings. The molecular weight excluding hydrogens is 298 g/mol. The zero-order valence-electron chi connectivity index (χ0n) is 11.2. The normalized spacial score (nSPS) is 20.8. The first kappa shape index (κ1) is 15.4. The summed E-state index contributed by atoms with van der Waals surface area (Å²) in [5, 5.41) is 10.4. The Balaban J connectivity index is 1.73. The van der Waals surface area contributed by atoms with E-state index in [1.54, 1.807) is 18.2 Å². The minimum atomic E-state index is -3.39. The van der Waals surface area contributed by atoms with Crippen molar-refractivity contribution < 1.29 is 22.9 Å². The van der Waals surface area contributed by atoms with Gasteiger partial charge in [0.05, 0.1) is 17.3 Å². The summed E-state index contributed by atoms with van der Waals surface area (Å²) in [6.45, 7) is -0.0498. The lowest BCUT2D eigenvalue weighted by molar-refractivity contribution is -0.497. The average Bonchev–Trinajstić information content (AvgIpc) is 3.25. The molecule has 2 rings (SSSR count). The summed E-state index contributed by atoms with van der Waals surface area (Å²) in [4.78, 5) is 21.6. The summed E-state index contributed by atoms with van der Waals surface area (Å²) >= 11 is 0. The lowest BCUT2D eigenvalue weighted by Crippen LogP contribution is -2.16. The highest BCUT2D eigenvalue weighted by Gasteiger charge is 2.54. The van der Waals surface area contributed by atoms with E-state index in [4.69, 9.17) is 4.74 Å². The maximum Gasteiger partial charge on any atom is 0.316 e. The zero-order valence-corrected chi connectivity index (χ0v) is 12.0. The van der Waals surface area contributed by atoms with Crippen LogP contribution in [0.4, 0.5) is 0 Å². The SMILES string of the molecule is O=C(OCCCS(=O)(=O)c1ccccc1)C1CC1[N+](=O)[O-]. The van der Waals surface area contributed by atoms with Gasteiger partial charge in [0.25, 0.3) is 0 Å². The first-order valence-corrected chi connectivity index (χ1v) is 8.15. The van der Waals surface area contributed by atoms with Crippen molar-refractivity contribution in [2.75, 3.05) is 12.4 Å². The molecular formula is C13H15NO6S. The molecule has 7 nitrogen and oxygen atoms in total. The molecule has 1 fully saturated rings. The van der Waals surface area contributed by atoms with E-state index in [2.05, 4.69) is 0 Å². The molecule has 1 aliphatic carbocycles. The Morgan fingerprint density at radius 1 is 1.33 bits per heavy atom. The van der Waals surface area contributed by atoms with Crippen LogP contribution in [0.5, 0.6) is 0 Å². The van der Waals surface area contributed by atoms with Gasteiger partial charge in [0.2, 0.25) is 6.04 Å². The van der Waals surface area contributed by atoms with Crippen LogP contribution >= 0.6 is 0 Å². The van der Waals surface area contributed by atoms with Crippen LogP contribution in [0.2, 0.25) is 0 Å². The second kappa shape index (κ2) is 6.21. The number of hydrogen-bond donors (Lipinski definition) is 0. The molecule has 0 bridgehead atoms. The molecule has 0 spiro atoms. The van der Waals surface area contributed by atoms with Crippen molar-refractivity contribution in [2.45, 2.75) is 23.8 Å². The van der Waals surface area contributed by atoms with Gasteiger partial charge in [-0.25, -0.2) is 8.42 Å². The molecule has 1 aromatic carbocycles. The summed E-state index contributed by atoms with van der Waals surface area (Å²) in [5.74, 6) is -1.42. The van der Waals surface area contributed by atoms with Crippen molar-refractivity contribution >= 4 is 15.8 Å². The second-order valence-corrected chi connectivity index (χ2v) is 6.96. The maximum absolute atomic E-state index is 11.9. The number of nitro groups is 1. The number of esters is 1. The van der Waals surface area contributed by atoms with Gasteiger partial charge in [0, 0.05) is 11.3 Å². The Morgan fingerprint density at radius 2 is 2.00 bits per heavy atom. The van der Waals surface area contributed by atoms with E-state index >= 15 is 0 Å². The van der Waals surface area contributed by atoms with E-state index in [1.807, 2.05) is 0 Å². The van der Waals surface area contributed by atoms with Gasteiger partial charge in [0.15, 0.2) is 9.84 Å². The summed E-state index contributed by atoms with van der Waals surface area (Å²) < 4.78 is 28.7. The molecule has 2 atom stereocenters. The number of benzene rings is 1. The van der Waals surface area contributed by atoms with E-state index in [9.17, 15) is 23.3 Å². The number of carbonyl (C=O) groups excluding carboxylic acids is 1. The summed E-state index contributed by atoms with van der Waals surface area (Å²) in [6.07, 6.45) is 0.368. The van der Waals surface area contributed by atoms with Crippen molar-refractivity contribution in [3.05, 3.63) is 40.4 Å². The topological polar surface area (TPSA) is 104 Å². The highest BCUT2D eigenvalue weighted by molar-refractivity contribution is 7.91. The lowest BCUT2D eigenvalue weighted by atomic mass is 10.4. The molecule has 114 valence electrons. The summed E-state index contributed by atoms with van der Waals surface area (Å²) in [7, 11) is -3.39. The van der Waals surface area contributed by atoms with Crippen molar-refractivity contribution in [1.29, 1.82) is 0 Å². The molecule has 0 heterocycles. The van der Waals surface area contributed by atoms with Crippen LogP contribution in [0.15, 0.2) is 35.2 Å². The molecule has 1 saturated carbocycles. The number of sulfone groups is 1. The fourth-order valence-corrected chi connectivity index (χ4v) is 3.25. The van der Waals surface area contributed by atoms with E-state index in [0.717, 1.165) is 0 Å². The number of rotatable bonds is 7. The monoisotopic (exact) mass is 313 g/mol. The molecule has 8 heteroatoms. The summed E-state index contributed by atoms with van der Waals surface area (Å²) in [5.41, 5.74) is 0. The Bertz CT molecular complexity index is 627. The minimum Gasteiger partial charge on any atom is -0.465 e. The molecule has 0 aliphatic heterocycles. The van der Waals surface area contributed by atoms with Crippen LogP contribution in [0.1, 0.15) is 12.8 Å². The van der Waals surface area contributed by atoms with Gasteiger partial charge in [-0.2, -0.15) is 0 Å². The Labute approximate surface area is 122 Å².